The summed E-state index contributed by atoms with van der Waals surface area (Å²) in [5, 5.41) is 0. The second kappa shape index (κ2) is 12.1. The molecule has 0 spiro atoms. The Morgan fingerprint density at radius 2 is 1.65 bits per heavy atom. The molecule has 0 aromatic heterocycles. The highest BCUT2D eigenvalue weighted by Crippen LogP contribution is 2.40. The van der Waals surface area contributed by atoms with Gasteiger partial charge in [-0.15, -0.1) is 0 Å². The van der Waals surface area contributed by atoms with Crippen LogP contribution in [0.25, 0.3) is 0 Å². The zero-order chi connectivity index (χ0) is 24.6. The molecule has 1 heterocycles. The summed E-state index contributed by atoms with van der Waals surface area (Å²) in [6, 6.07) is 8.26. The highest BCUT2D eigenvalue weighted by molar-refractivity contribution is 7.92. The maximum Gasteiger partial charge on any atom is 0.262 e. The number of methoxy groups -OCH3 is 1. The highest BCUT2D eigenvalue weighted by Gasteiger charge is 2.23. The molecule has 2 aromatic carbocycles. The summed E-state index contributed by atoms with van der Waals surface area (Å²) >= 11 is 0. The standard InChI is InChI=1S/C24H34N2O7S/c1-5-31-23-17-21(26-9-11-30-12-10-26)24(32-6-2)16-20(23)25-34(27,28)19-7-8-22(18(3)15-19)33-14-13-29-4/h7-8,15-17,25H,5-6,9-14H2,1-4H3. The number of rotatable bonds is 12. The molecule has 0 radical (unpaired) electrons. The molecule has 0 unspecified atom stereocenters. The van der Waals surface area contributed by atoms with Gasteiger partial charge in [-0.1, -0.05) is 0 Å². The van der Waals surface area contributed by atoms with Crippen LogP contribution in [0.2, 0.25) is 0 Å². The molecule has 34 heavy (non-hydrogen) atoms. The van der Waals surface area contributed by atoms with Gasteiger partial charge >= 0.3 is 0 Å². The summed E-state index contributed by atoms with van der Waals surface area (Å²) in [4.78, 5) is 2.28. The van der Waals surface area contributed by atoms with Crippen LogP contribution in [0.5, 0.6) is 17.2 Å². The molecule has 10 heteroatoms. The van der Waals surface area contributed by atoms with Crippen molar-refractivity contribution in [2.45, 2.75) is 25.7 Å². The lowest BCUT2D eigenvalue weighted by atomic mass is 10.2. The van der Waals surface area contributed by atoms with Crippen LogP contribution in [0.1, 0.15) is 19.4 Å². The van der Waals surface area contributed by atoms with Crippen molar-refractivity contribution in [2.75, 3.05) is 69.5 Å². The Morgan fingerprint density at radius 1 is 0.941 bits per heavy atom. The van der Waals surface area contributed by atoms with Crippen LogP contribution in [0, 0.1) is 6.92 Å². The number of morpholine rings is 1. The van der Waals surface area contributed by atoms with E-state index in [0.29, 0.717) is 68.1 Å². The van der Waals surface area contributed by atoms with Gasteiger partial charge in [0.1, 0.15) is 23.9 Å². The van der Waals surface area contributed by atoms with Gasteiger partial charge in [0, 0.05) is 32.3 Å². The molecule has 2 aromatic rings. The molecular formula is C24H34N2O7S. The number of nitrogens with one attached hydrogen (secondary N) is 1. The van der Waals surface area contributed by atoms with Crippen LogP contribution >= 0.6 is 0 Å². The summed E-state index contributed by atoms with van der Waals surface area (Å²) in [6.45, 7) is 9.89. The molecule has 3 rings (SSSR count). The second-order valence-corrected chi connectivity index (χ2v) is 9.34. The van der Waals surface area contributed by atoms with Crippen LogP contribution in [0.4, 0.5) is 11.4 Å². The first kappa shape index (κ1) is 25.9. The normalized spacial score (nSPS) is 14.1. The van der Waals surface area contributed by atoms with Gasteiger partial charge in [-0.3, -0.25) is 4.72 Å². The molecule has 0 saturated carbocycles. The van der Waals surface area contributed by atoms with Crippen molar-refractivity contribution < 1.29 is 32.1 Å². The minimum absolute atomic E-state index is 0.127. The average molecular weight is 495 g/mol. The first-order valence-electron chi connectivity index (χ1n) is 11.4. The van der Waals surface area contributed by atoms with Crippen LogP contribution in [-0.2, 0) is 19.5 Å². The Bertz CT molecular complexity index is 1050. The fourth-order valence-corrected chi connectivity index (χ4v) is 4.76. The van der Waals surface area contributed by atoms with E-state index >= 15 is 0 Å². The minimum atomic E-state index is -3.89. The zero-order valence-corrected chi connectivity index (χ0v) is 21.1. The van der Waals surface area contributed by atoms with Gasteiger partial charge in [0.25, 0.3) is 10.0 Å². The lowest BCUT2D eigenvalue weighted by Crippen LogP contribution is -2.36. The fourth-order valence-electron chi connectivity index (χ4n) is 3.62. The number of hydrogen-bond acceptors (Lipinski definition) is 8. The maximum absolute atomic E-state index is 13.2. The number of hydrogen-bond donors (Lipinski definition) is 1. The van der Waals surface area contributed by atoms with E-state index < -0.39 is 10.0 Å². The molecule has 1 fully saturated rings. The molecule has 0 bridgehead atoms. The third-order valence-corrected chi connectivity index (χ3v) is 6.62. The predicted molar refractivity (Wildman–Crippen MR) is 131 cm³/mol. The molecule has 0 aliphatic carbocycles. The number of anilines is 2. The summed E-state index contributed by atoms with van der Waals surface area (Å²) in [5.74, 6) is 1.63. The molecule has 1 saturated heterocycles. The first-order chi connectivity index (χ1) is 16.4. The Hall–Kier alpha value is -2.69. The van der Waals surface area contributed by atoms with Crippen LogP contribution < -0.4 is 23.8 Å². The van der Waals surface area contributed by atoms with Crippen LogP contribution in [-0.4, -0.2) is 68.3 Å². The van der Waals surface area contributed by atoms with Crippen molar-refractivity contribution >= 4 is 21.4 Å². The van der Waals surface area contributed by atoms with E-state index in [2.05, 4.69) is 9.62 Å². The Kier molecular flexibility index (Phi) is 9.26. The molecular weight excluding hydrogens is 460 g/mol. The zero-order valence-electron chi connectivity index (χ0n) is 20.3. The largest absolute Gasteiger partial charge is 0.492 e. The van der Waals surface area contributed by atoms with Gasteiger partial charge in [0.15, 0.2) is 0 Å². The van der Waals surface area contributed by atoms with Gasteiger partial charge in [-0.25, -0.2) is 8.42 Å². The number of benzene rings is 2. The predicted octanol–water partition coefficient (Wildman–Crippen LogP) is 3.46. The Balaban J connectivity index is 1.91. The van der Waals surface area contributed by atoms with E-state index in [0.717, 1.165) is 18.8 Å². The maximum atomic E-state index is 13.2. The van der Waals surface area contributed by atoms with E-state index in [-0.39, 0.29) is 4.90 Å². The van der Waals surface area contributed by atoms with Gasteiger partial charge in [0.05, 0.1) is 49.3 Å². The van der Waals surface area contributed by atoms with E-state index in [1.54, 1.807) is 32.2 Å². The van der Waals surface area contributed by atoms with Crippen LogP contribution in [0.15, 0.2) is 35.2 Å². The van der Waals surface area contributed by atoms with E-state index in [4.69, 9.17) is 23.7 Å². The lowest BCUT2D eigenvalue weighted by molar-refractivity contribution is 0.122. The fraction of sp³-hybridized carbons (Fsp3) is 0.500. The smallest absolute Gasteiger partial charge is 0.262 e. The van der Waals surface area contributed by atoms with E-state index in [1.165, 1.54) is 6.07 Å². The number of aryl methyl sites for hydroxylation is 1. The van der Waals surface area contributed by atoms with Gasteiger partial charge in [-0.2, -0.15) is 0 Å². The molecule has 0 atom stereocenters. The molecule has 1 aliphatic heterocycles. The third kappa shape index (κ3) is 6.46. The third-order valence-electron chi connectivity index (χ3n) is 5.26. The van der Waals surface area contributed by atoms with Crippen LogP contribution in [0.3, 0.4) is 0 Å². The summed E-state index contributed by atoms with van der Waals surface area (Å²) in [6.07, 6.45) is 0. The topological polar surface area (TPSA) is 95.6 Å². The van der Waals surface area contributed by atoms with E-state index in [1.807, 2.05) is 19.9 Å². The monoisotopic (exact) mass is 494 g/mol. The minimum Gasteiger partial charge on any atom is -0.492 e. The van der Waals surface area contributed by atoms with Crippen molar-refractivity contribution in [3.8, 4) is 17.2 Å². The van der Waals surface area contributed by atoms with Crippen molar-refractivity contribution in [2.24, 2.45) is 0 Å². The van der Waals surface area contributed by atoms with Gasteiger partial charge in [0.2, 0.25) is 0 Å². The van der Waals surface area contributed by atoms with Gasteiger partial charge < -0.3 is 28.6 Å². The van der Waals surface area contributed by atoms with Crippen molar-refractivity contribution in [1.29, 1.82) is 0 Å². The Labute approximate surface area is 202 Å². The van der Waals surface area contributed by atoms with Crippen molar-refractivity contribution in [3.63, 3.8) is 0 Å². The molecule has 188 valence electrons. The molecule has 1 N–H and O–H groups in total. The highest BCUT2D eigenvalue weighted by atomic mass is 32.2. The SMILES string of the molecule is CCOc1cc(N2CCOCC2)c(OCC)cc1NS(=O)(=O)c1ccc(OCCOC)c(C)c1. The summed E-state index contributed by atoms with van der Waals surface area (Å²) < 4.78 is 56.9. The number of sulfonamides is 1. The van der Waals surface area contributed by atoms with E-state index in [9.17, 15) is 8.42 Å². The quantitative estimate of drug-likeness (QED) is 0.448. The number of ether oxygens (including phenoxy) is 5. The van der Waals surface area contributed by atoms with Crippen molar-refractivity contribution in [1.82, 2.24) is 0 Å². The molecule has 1 aliphatic rings. The number of nitrogens with zero attached hydrogens (tertiary/aromatic N) is 1. The molecule has 0 amide bonds. The lowest BCUT2D eigenvalue weighted by Gasteiger charge is -2.31. The van der Waals surface area contributed by atoms with Gasteiger partial charge in [-0.05, 0) is 44.5 Å². The molecule has 9 nitrogen and oxygen atoms in total. The first-order valence-corrected chi connectivity index (χ1v) is 12.9. The second-order valence-electron chi connectivity index (χ2n) is 7.66. The average Bonchev–Trinajstić information content (AvgIpc) is 2.82. The van der Waals surface area contributed by atoms with Crippen molar-refractivity contribution in [3.05, 3.63) is 35.9 Å². The Morgan fingerprint density at radius 3 is 2.29 bits per heavy atom. The summed E-state index contributed by atoms with van der Waals surface area (Å²) in [7, 11) is -2.29. The summed E-state index contributed by atoms with van der Waals surface area (Å²) in [5.41, 5.74) is 1.88.